The Bertz CT molecular complexity index is 421. The van der Waals surface area contributed by atoms with Crippen LogP contribution in [0.15, 0.2) is 24.3 Å². The molecule has 0 aromatic heterocycles. The lowest BCUT2D eigenvalue weighted by Crippen LogP contribution is -2.25. The molecule has 0 heterocycles. The quantitative estimate of drug-likeness (QED) is 0.788. The maximum absolute atomic E-state index is 9.09. The molecule has 1 aliphatic carbocycles. The highest BCUT2D eigenvalue weighted by Gasteiger charge is 2.44. The van der Waals surface area contributed by atoms with E-state index in [4.69, 9.17) is 5.26 Å². The molecule has 0 amide bonds. The highest BCUT2D eigenvalue weighted by molar-refractivity contribution is 5.48. The molecule has 0 bridgehead atoms. The molecule has 1 aromatic carbocycles. The van der Waals surface area contributed by atoms with E-state index in [2.05, 4.69) is 56.1 Å². The Labute approximate surface area is 104 Å². The van der Waals surface area contributed by atoms with Crippen LogP contribution in [0.2, 0.25) is 0 Å². The molecule has 90 valence electrons. The van der Waals surface area contributed by atoms with Crippen LogP contribution in [0.4, 0.5) is 5.69 Å². The lowest BCUT2D eigenvalue weighted by molar-refractivity contribution is 0.653. The zero-order valence-corrected chi connectivity index (χ0v) is 10.9. The van der Waals surface area contributed by atoms with Gasteiger partial charge < -0.3 is 4.90 Å². The van der Waals surface area contributed by atoms with Gasteiger partial charge in [-0.2, -0.15) is 5.26 Å². The standard InChI is InChI=1S/C15H20N2/c1-12(2)13-4-6-14(7-5-13)17(3)11-15(10-16)8-9-15/h4-7,12H,8-9,11H2,1-3H3. The Morgan fingerprint density at radius 3 is 2.29 bits per heavy atom. The Morgan fingerprint density at radius 2 is 1.88 bits per heavy atom. The molecule has 1 aromatic rings. The molecule has 2 nitrogen and oxygen atoms in total. The Morgan fingerprint density at radius 1 is 1.29 bits per heavy atom. The van der Waals surface area contributed by atoms with Gasteiger partial charge in [-0.3, -0.25) is 0 Å². The fourth-order valence-electron chi connectivity index (χ4n) is 2.12. The van der Waals surface area contributed by atoms with Crippen molar-refractivity contribution < 1.29 is 0 Å². The molecule has 2 heteroatoms. The maximum atomic E-state index is 9.09. The lowest BCUT2D eigenvalue weighted by atomic mass is 10.0. The van der Waals surface area contributed by atoms with E-state index < -0.39 is 0 Å². The van der Waals surface area contributed by atoms with Gasteiger partial charge in [0, 0.05) is 19.3 Å². The number of anilines is 1. The normalized spacial score (nSPS) is 16.6. The fourth-order valence-corrected chi connectivity index (χ4v) is 2.12. The second-order valence-electron chi connectivity index (χ2n) is 5.49. The van der Waals surface area contributed by atoms with E-state index in [1.54, 1.807) is 0 Å². The van der Waals surface area contributed by atoms with Crippen LogP contribution < -0.4 is 4.90 Å². The average Bonchev–Trinajstić information content (AvgIpc) is 3.09. The first-order valence-corrected chi connectivity index (χ1v) is 6.29. The predicted octanol–water partition coefficient (Wildman–Crippen LogP) is 3.55. The monoisotopic (exact) mass is 228 g/mol. The molecular formula is C15H20N2. The number of rotatable bonds is 4. The number of hydrogen-bond donors (Lipinski definition) is 0. The molecule has 1 fully saturated rings. The van der Waals surface area contributed by atoms with Crippen molar-refractivity contribution in [2.24, 2.45) is 5.41 Å². The molecule has 0 atom stereocenters. The summed E-state index contributed by atoms with van der Waals surface area (Å²) in [5, 5.41) is 9.09. The van der Waals surface area contributed by atoms with Crippen LogP contribution in [0.25, 0.3) is 0 Å². The highest BCUT2D eigenvalue weighted by Crippen LogP contribution is 2.45. The summed E-state index contributed by atoms with van der Waals surface area (Å²) in [5.74, 6) is 0.572. The molecule has 0 saturated heterocycles. The number of nitriles is 1. The second kappa shape index (κ2) is 4.41. The minimum atomic E-state index is -0.0640. The Hall–Kier alpha value is -1.49. The summed E-state index contributed by atoms with van der Waals surface area (Å²) in [6.45, 7) is 5.26. The van der Waals surface area contributed by atoms with Crippen molar-refractivity contribution in [3.8, 4) is 6.07 Å². The van der Waals surface area contributed by atoms with Gasteiger partial charge in [0.1, 0.15) is 0 Å². The van der Waals surface area contributed by atoms with Gasteiger partial charge in [-0.05, 0) is 36.5 Å². The number of nitrogens with zero attached hydrogens (tertiary/aromatic N) is 2. The largest absolute Gasteiger partial charge is 0.373 e. The van der Waals surface area contributed by atoms with Gasteiger partial charge >= 0.3 is 0 Å². The van der Waals surface area contributed by atoms with Crippen molar-refractivity contribution in [1.29, 1.82) is 5.26 Å². The van der Waals surface area contributed by atoms with E-state index in [0.717, 1.165) is 19.4 Å². The molecular weight excluding hydrogens is 208 g/mol. The van der Waals surface area contributed by atoms with Gasteiger partial charge in [-0.1, -0.05) is 26.0 Å². The average molecular weight is 228 g/mol. The summed E-state index contributed by atoms with van der Waals surface area (Å²) in [6.07, 6.45) is 2.11. The van der Waals surface area contributed by atoms with E-state index >= 15 is 0 Å². The van der Waals surface area contributed by atoms with Crippen molar-refractivity contribution in [2.45, 2.75) is 32.6 Å². The van der Waals surface area contributed by atoms with E-state index in [1.807, 2.05) is 0 Å². The second-order valence-corrected chi connectivity index (χ2v) is 5.49. The van der Waals surface area contributed by atoms with Crippen LogP contribution in [-0.4, -0.2) is 13.6 Å². The van der Waals surface area contributed by atoms with E-state index in [9.17, 15) is 0 Å². The summed E-state index contributed by atoms with van der Waals surface area (Å²) in [6, 6.07) is 11.1. The maximum Gasteiger partial charge on any atom is 0.0749 e. The van der Waals surface area contributed by atoms with Gasteiger partial charge in [-0.25, -0.2) is 0 Å². The van der Waals surface area contributed by atoms with E-state index in [1.165, 1.54) is 11.3 Å². The topological polar surface area (TPSA) is 27.0 Å². The first-order chi connectivity index (χ1) is 8.06. The van der Waals surface area contributed by atoms with Crippen molar-refractivity contribution in [3.05, 3.63) is 29.8 Å². The molecule has 1 saturated carbocycles. The van der Waals surface area contributed by atoms with Crippen molar-refractivity contribution >= 4 is 5.69 Å². The van der Waals surface area contributed by atoms with E-state index in [-0.39, 0.29) is 5.41 Å². The Kier molecular flexibility index (Phi) is 3.11. The molecule has 1 aliphatic rings. The van der Waals surface area contributed by atoms with Crippen LogP contribution in [0.1, 0.15) is 38.2 Å². The highest BCUT2D eigenvalue weighted by atomic mass is 15.1. The summed E-state index contributed by atoms with van der Waals surface area (Å²) in [5.41, 5.74) is 2.50. The van der Waals surface area contributed by atoms with Crippen LogP contribution in [0.5, 0.6) is 0 Å². The van der Waals surface area contributed by atoms with Crippen LogP contribution in [-0.2, 0) is 0 Å². The SMILES string of the molecule is CC(C)c1ccc(N(C)CC2(C#N)CC2)cc1. The van der Waals surface area contributed by atoms with Gasteiger partial charge in [0.05, 0.1) is 11.5 Å². The molecule has 0 unspecified atom stereocenters. The first-order valence-electron chi connectivity index (χ1n) is 6.29. The fraction of sp³-hybridized carbons (Fsp3) is 0.533. The Balaban J connectivity index is 2.05. The third-order valence-electron chi connectivity index (χ3n) is 3.63. The zero-order chi connectivity index (χ0) is 12.5. The molecule has 17 heavy (non-hydrogen) atoms. The lowest BCUT2D eigenvalue weighted by Gasteiger charge is -2.22. The molecule has 0 radical (unpaired) electrons. The summed E-state index contributed by atoms with van der Waals surface area (Å²) >= 11 is 0. The van der Waals surface area contributed by atoms with Gasteiger partial charge in [0.2, 0.25) is 0 Å². The van der Waals surface area contributed by atoms with Gasteiger partial charge in [0.15, 0.2) is 0 Å². The molecule has 2 rings (SSSR count). The summed E-state index contributed by atoms with van der Waals surface area (Å²) in [7, 11) is 2.07. The number of hydrogen-bond acceptors (Lipinski definition) is 2. The van der Waals surface area contributed by atoms with E-state index in [0.29, 0.717) is 5.92 Å². The van der Waals surface area contributed by atoms with Gasteiger partial charge in [0.25, 0.3) is 0 Å². The zero-order valence-electron chi connectivity index (χ0n) is 10.9. The molecule has 0 spiro atoms. The first kappa shape index (κ1) is 12.0. The van der Waals surface area contributed by atoms with Crippen molar-refractivity contribution in [3.63, 3.8) is 0 Å². The van der Waals surface area contributed by atoms with Crippen LogP contribution in [0, 0.1) is 16.7 Å². The third kappa shape index (κ3) is 2.61. The predicted molar refractivity (Wildman–Crippen MR) is 71.1 cm³/mol. The van der Waals surface area contributed by atoms with Crippen LogP contribution in [0.3, 0.4) is 0 Å². The number of benzene rings is 1. The summed E-state index contributed by atoms with van der Waals surface area (Å²) < 4.78 is 0. The third-order valence-corrected chi connectivity index (χ3v) is 3.63. The molecule has 0 N–H and O–H groups in total. The molecule has 0 aliphatic heterocycles. The minimum Gasteiger partial charge on any atom is -0.373 e. The van der Waals surface area contributed by atoms with Crippen molar-refractivity contribution in [1.82, 2.24) is 0 Å². The smallest absolute Gasteiger partial charge is 0.0749 e. The van der Waals surface area contributed by atoms with Crippen molar-refractivity contribution in [2.75, 3.05) is 18.5 Å². The minimum absolute atomic E-state index is 0.0640. The summed E-state index contributed by atoms with van der Waals surface area (Å²) in [4.78, 5) is 2.19. The van der Waals surface area contributed by atoms with Crippen LogP contribution >= 0.6 is 0 Å². The van der Waals surface area contributed by atoms with Gasteiger partial charge in [-0.15, -0.1) is 0 Å².